The molecule has 0 aromatic heterocycles. The molecule has 0 radical (unpaired) electrons. The molecule has 0 aliphatic heterocycles. The molecule has 88 valence electrons. The summed E-state index contributed by atoms with van der Waals surface area (Å²) in [5.74, 6) is 1.09. The molecule has 2 rings (SSSR count). The van der Waals surface area contributed by atoms with Crippen molar-refractivity contribution in [1.29, 1.82) is 0 Å². The Hall–Kier alpha value is -1.32. The fourth-order valence-electron chi connectivity index (χ4n) is 1.39. The molecular formula is C13H12ClNOS. The molecule has 0 aliphatic carbocycles. The topological polar surface area (TPSA) is 46.2 Å². The maximum absolute atomic E-state index is 9.17. The van der Waals surface area contributed by atoms with E-state index >= 15 is 0 Å². The zero-order chi connectivity index (χ0) is 12.3. The number of phenolic OH excluding ortho intramolecular Hbond substituents is 1. The Labute approximate surface area is 109 Å². The van der Waals surface area contributed by atoms with Crippen LogP contribution in [0, 0.1) is 0 Å². The van der Waals surface area contributed by atoms with Gasteiger partial charge in [-0.2, -0.15) is 0 Å². The summed E-state index contributed by atoms with van der Waals surface area (Å²) in [5.41, 5.74) is 7.44. The van der Waals surface area contributed by atoms with Crippen LogP contribution in [0.2, 0.25) is 5.02 Å². The second-order valence-corrected chi connectivity index (χ2v) is 5.07. The van der Waals surface area contributed by atoms with Crippen LogP contribution in [-0.4, -0.2) is 5.11 Å². The molecule has 2 aromatic rings. The monoisotopic (exact) mass is 265 g/mol. The van der Waals surface area contributed by atoms with E-state index in [-0.39, 0.29) is 5.75 Å². The quantitative estimate of drug-likeness (QED) is 0.653. The van der Waals surface area contributed by atoms with Crippen molar-refractivity contribution < 1.29 is 5.11 Å². The highest BCUT2D eigenvalue weighted by Crippen LogP contribution is 2.31. The van der Waals surface area contributed by atoms with E-state index in [0.29, 0.717) is 10.7 Å². The second-order valence-electron chi connectivity index (χ2n) is 3.64. The Kier molecular flexibility index (Phi) is 3.82. The van der Waals surface area contributed by atoms with Gasteiger partial charge in [-0.15, -0.1) is 11.8 Å². The van der Waals surface area contributed by atoms with Crippen LogP contribution in [0.1, 0.15) is 5.56 Å². The van der Waals surface area contributed by atoms with E-state index in [9.17, 15) is 5.11 Å². The molecule has 0 atom stereocenters. The molecule has 3 N–H and O–H groups in total. The summed E-state index contributed by atoms with van der Waals surface area (Å²) in [4.78, 5) is 1.01. The van der Waals surface area contributed by atoms with Gasteiger partial charge in [0.15, 0.2) is 0 Å². The molecule has 4 heteroatoms. The zero-order valence-corrected chi connectivity index (χ0v) is 10.6. The van der Waals surface area contributed by atoms with Gasteiger partial charge in [0.1, 0.15) is 5.75 Å². The number of thioether (sulfide) groups is 1. The fraction of sp³-hybridized carbons (Fsp3) is 0.0769. The minimum absolute atomic E-state index is 0.282. The average Bonchev–Trinajstić information content (AvgIpc) is 2.30. The summed E-state index contributed by atoms with van der Waals surface area (Å²) in [7, 11) is 0. The number of rotatable bonds is 3. The smallest absolute Gasteiger partial charge is 0.115 e. The lowest BCUT2D eigenvalue weighted by Crippen LogP contribution is -1.85. The summed E-state index contributed by atoms with van der Waals surface area (Å²) in [6.07, 6.45) is 0. The van der Waals surface area contributed by atoms with Gasteiger partial charge in [-0.05, 0) is 35.9 Å². The summed E-state index contributed by atoms with van der Waals surface area (Å²) >= 11 is 7.73. The highest BCUT2D eigenvalue weighted by molar-refractivity contribution is 7.98. The van der Waals surface area contributed by atoms with Gasteiger partial charge in [-0.3, -0.25) is 0 Å². The van der Waals surface area contributed by atoms with Gasteiger partial charge in [0.05, 0.1) is 5.02 Å². The number of aromatic hydroxyl groups is 1. The van der Waals surface area contributed by atoms with Crippen LogP contribution < -0.4 is 5.73 Å². The predicted octanol–water partition coefficient (Wildman–Crippen LogP) is 3.92. The van der Waals surface area contributed by atoms with Crippen molar-refractivity contribution in [1.82, 2.24) is 0 Å². The van der Waals surface area contributed by atoms with Gasteiger partial charge in [0.2, 0.25) is 0 Å². The van der Waals surface area contributed by atoms with E-state index < -0.39 is 0 Å². The molecule has 2 aromatic carbocycles. The third-order valence-corrected chi connectivity index (χ3v) is 3.86. The first-order chi connectivity index (χ1) is 8.15. The molecular weight excluding hydrogens is 254 g/mol. The molecule has 0 aliphatic rings. The van der Waals surface area contributed by atoms with Crippen molar-refractivity contribution in [2.45, 2.75) is 10.6 Å². The Balaban J connectivity index is 2.04. The Morgan fingerprint density at radius 2 is 1.82 bits per heavy atom. The maximum atomic E-state index is 9.17. The van der Waals surface area contributed by atoms with Gasteiger partial charge >= 0.3 is 0 Å². The summed E-state index contributed by atoms with van der Waals surface area (Å²) in [6, 6.07) is 12.7. The third kappa shape index (κ3) is 3.32. The minimum Gasteiger partial charge on any atom is -0.508 e. The molecule has 0 heterocycles. The highest BCUT2D eigenvalue weighted by atomic mass is 35.5. The van der Waals surface area contributed by atoms with Crippen molar-refractivity contribution >= 4 is 29.1 Å². The van der Waals surface area contributed by atoms with Crippen LogP contribution in [0.5, 0.6) is 5.75 Å². The van der Waals surface area contributed by atoms with Crippen LogP contribution in [0.4, 0.5) is 5.69 Å². The van der Waals surface area contributed by atoms with Crippen LogP contribution in [0.3, 0.4) is 0 Å². The van der Waals surface area contributed by atoms with E-state index in [1.165, 1.54) is 0 Å². The van der Waals surface area contributed by atoms with E-state index in [4.69, 9.17) is 17.3 Å². The van der Waals surface area contributed by atoms with E-state index in [1.807, 2.05) is 24.3 Å². The molecule has 0 fully saturated rings. The lowest BCUT2D eigenvalue weighted by molar-refractivity contribution is 0.475. The SMILES string of the molecule is Nc1ccc(SCc2ccc(O)cc2)c(Cl)c1. The summed E-state index contributed by atoms with van der Waals surface area (Å²) < 4.78 is 0. The number of nitrogen functional groups attached to an aromatic ring is 1. The Morgan fingerprint density at radius 1 is 1.12 bits per heavy atom. The lowest BCUT2D eigenvalue weighted by Gasteiger charge is -2.05. The maximum Gasteiger partial charge on any atom is 0.115 e. The fourth-order valence-corrected chi connectivity index (χ4v) is 2.62. The standard InChI is InChI=1S/C13H12ClNOS/c14-12-7-10(15)3-6-13(12)17-8-9-1-4-11(16)5-2-9/h1-7,16H,8,15H2. The zero-order valence-electron chi connectivity index (χ0n) is 9.06. The Bertz CT molecular complexity index is 513. The molecule has 0 amide bonds. The largest absolute Gasteiger partial charge is 0.508 e. The van der Waals surface area contributed by atoms with Crippen molar-refractivity contribution in [2.75, 3.05) is 5.73 Å². The van der Waals surface area contributed by atoms with E-state index in [2.05, 4.69) is 0 Å². The lowest BCUT2D eigenvalue weighted by atomic mass is 10.2. The second kappa shape index (κ2) is 5.34. The number of phenols is 1. The molecule has 0 saturated carbocycles. The number of hydrogen-bond acceptors (Lipinski definition) is 3. The number of halogens is 1. The Morgan fingerprint density at radius 3 is 2.47 bits per heavy atom. The first-order valence-corrected chi connectivity index (χ1v) is 6.47. The number of hydrogen-bond donors (Lipinski definition) is 2. The minimum atomic E-state index is 0.282. The van der Waals surface area contributed by atoms with Crippen molar-refractivity contribution in [3.8, 4) is 5.75 Å². The van der Waals surface area contributed by atoms with E-state index in [1.54, 1.807) is 30.0 Å². The molecule has 0 bridgehead atoms. The van der Waals surface area contributed by atoms with Crippen LogP contribution >= 0.6 is 23.4 Å². The normalized spacial score (nSPS) is 10.4. The molecule has 0 spiro atoms. The highest BCUT2D eigenvalue weighted by Gasteiger charge is 2.02. The number of benzene rings is 2. The first-order valence-electron chi connectivity index (χ1n) is 5.11. The molecule has 0 unspecified atom stereocenters. The van der Waals surface area contributed by atoms with Crippen LogP contribution in [-0.2, 0) is 5.75 Å². The summed E-state index contributed by atoms with van der Waals surface area (Å²) in [6.45, 7) is 0. The average molecular weight is 266 g/mol. The van der Waals surface area contributed by atoms with Gasteiger partial charge in [-0.1, -0.05) is 23.7 Å². The van der Waals surface area contributed by atoms with Gasteiger partial charge in [0.25, 0.3) is 0 Å². The van der Waals surface area contributed by atoms with E-state index in [0.717, 1.165) is 16.2 Å². The molecule has 17 heavy (non-hydrogen) atoms. The van der Waals surface area contributed by atoms with Gasteiger partial charge in [0, 0.05) is 16.3 Å². The van der Waals surface area contributed by atoms with Crippen LogP contribution in [0.15, 0.2) is 47.4 Å². The van der Waals surface area contributed by atoms with Crippen molar-refractivity contribution in [3.05, 3.63) is 53.1 Å². The van der Waals surface area contributed by atoms with Crippen LogP contribution in [0.25, 0.3) is 0 Å². The number of nitrogens with two attached hydrogens (primary N) is 1. The van der Waals surface area contributed by atoms with Gasteiger partial charge < -0.3 is 10.8 Å². The van der Waals surface area contributed by atoms with Crippen molar-refractivity contribution in [3.63, 3.8) is 0 Å². The first kappa shape index (κ1) is 12.1. The predicted molar refractivity (Wildman–Crippen MR) is 73.5 cm³/mol. The third-order valence-electron chi connectivity index (χ3n) is 2.29. The van der Waals surface area contributed by atoms with Gasteiger partial charge in [-0.25, -0.2) is 0 Å². The number of anilines is 1. The molecule has 2 nitrogen and oxygen atoms in total. The van der Waals surface area contributed by atoms with Crippen molar-refractivity contribution in [2.24, 2.45) is 0 Å². The molecule has 0 saturated heterocycles. The summed E-state index contributed by atoms with van der Waals surface area (Å²) in [5, 5.41) is 9.85.